The van der Waals surface area contributed by atoms with E-state index in [-0.39, 0.29) is 12.4 Å². The summed E-state index contributed by atoms with van der Waals surface area (Å²) in [6.07, 6.45) is -4.53. The summed E-state index contributed by atoms with van der Waals surface area (Å²) in [5, 5.41) is 7.06. The third-order valence-corrected chi connectivity index (χ3v) is 2.10. The number of hydrogen-bond acceptors (Lipinski definition) is 4. The van der Waals surface area contributed by atoms with E-state index in [4.69, 9.17) is 4.52 Å². The van der Waals surface area contributed by atoms with Gasteiger partial charge >= 0.3 is 6.18 Å². The van der Waals surface area contributed by atoms with Crippen LogP contribution in [0.4, 0.5) is 13.2 Å². The van der Waals surface area contributed by atoms with Crippen molar-refractivity contribution < 1.29 is 17.7 Å². The highest BCUT2D eigenvalue weighted by molar-refractivity contribution is 5.05. The molecule has 2 aromatic heterocycles. The average Bonchev–Trinajstić information content (AvgIpc) is 2.74. The van der Waals surface area contributed by atoms with Crippen molar-refractivity contribution in [3.63, 3.8) is 0 Å². The third-order valence-electron chi connectivity index (χ3n) is 2.10. The zero-order valence-electron chi connectivity index (χ0n) is 9.12. The number of aromatic nitrogens is 4. The van der Waals surface area contributed by atoms with Crippen molar-refractivity contribution in [2.75, 3.05) is 0 Å². The fourth-order valence-electron chi connectivity index (χ4n) is 1.34. The highest BCUT2D eigenvalue weighted by atomic mass is 19.4. The molecule has 0 bridgehead atoms. The van der Waals surface area contributed by atoms with Gasteiger partial charge in [0, 0.05) is 6.07 Å². The van der Waals surface area contributed by atoms with E-state index in [0.29, 0.717) is 11.5 Å². The van der Waals surface area contributed by atoms with Crippen LogP contribution in [0.5, 0.6) is 0 Å². The maximum absolute atomic E-state index is 12.4. The van der Waals surface area contributed by atoms with Crippen LogP contribution in [0.1, 0.15) is 23.1 Å². The third kappa shape index (κ3) is 2.45. The lowest BCUT2D eigenvalue weighted by Crippen LogP contribution is -2.09. The second-order valence-corrected chi connectivity index (χ2v) is 3.57. The molecular weight excluding hydrogens is 237 g/mol. The fraction of sp³-hybridized carbons (Fsp3) is 0.444. The minimum atomic E-state index is -4.53. The quantitative estimate of drug-likeness (QED) is 0.812. The lowest BCUT2D eigenvalue weighted by atomic mass is 10.4. The van der Waals surface area contributed by atoms with Crippen molar-refractivity contribution in [3.05, 3.63) is 29.2 Å². The Morgan fingerprint density at radius 1 is 1.35 bits per heavy atom. The van der Waals surface area contributed by atoms with Gasteiger partial charge in [0.05, 0.1) is 6.54 Å². The van der Waals surface area contributed by atoms with Crippen LogP contribution < -0.4 is 0 Å². The lowest BCUT2D eigenvalue weighted by molar-refractivity contribution is -0.145. The van der Waals surface area contributed by atoms with Crippen LogP contribution in [0.15, 0.2) is 10.6 Å². The van der Waals surface area contributed by atoms with E-state index in [0.717, 1.165) is 4.68 Å². The predicted octanol–water partition coefficient (Wildman–Crippen LogP) is 1.95. The van der Waals surface area contributed by atoms with E-state index in [1.807, 2.05) is 0 Å². The molecule has 0 atom stereocenters. The molecule has 0 amide bonds. The van der Waals surface area contributed by atoms with Gasteiger partial charge in [-0.3, -0.25) is 0 Å². The Kier molecular flexibility index (Phi) is 2.64. The van der Waals surface area contributed by atoms with Gasteiger partial charge in [-0.1, -0.05) is 5.16 Å². The molecule has 2 rings (SSSR count). The highest BCUT2D eigenvalue weighted by Gasteiger charge is 2.36. The van der Waals surface area contributed by atoms with Crippen molar-refractivity contribution in [3.8, 4) is 0 Å². The summed E-state index contributed by atoms with van der Waals surface area (Å²) in [7, 11) is 0. The van der Waals surface area contributed by atoms with Gasteiger partial charge in [0.1, 0.15) is 17.3 Å². The lowest BCUT2D eigenvalue weighted by Gasteiger charge is -1.99. The van der Waals surface area contributed by atoms with E-state index in [9.17, 15) is 13.2 Å². The Balaban J connectivity index is 2.25. The first-order valence-corrected chi connectivity index (χ1v) is 4.77. The first-order valence-electron chi connectivity index (χ1n) is 4.77. The van der Waals surface area contributed by atoms with Gasteiger partial charge in [-0.2, -0.15) is 13.2 Å². The Hall–Kier alpha value is -1.86. The second kappa shape index (κ2) is 3.86. The monoisotopic (exact) mass is 246 g/mol. The smallest absolute Gasteiger partial charge is 0.361 e. The van der Waals surface area contributed by atoms with Gasteiger partial charge in [-0.25, -0.2) is 9.67 Å². The minimum Gasteiger partial charge on any atom is -0.361 e. The van der Waals surface area contributed by atoms with Crippen LogP contribution in [-0.2, 0) is 12.7 Å². The number of rotatable bonds is 2. The van der Waals surface area contributed by atoms with Gasteiger partial charge in [0.15, 0.2) is 0 Å². The molecule has 0 fully saturated rings. The molecule has 5 nitrogen and oxygen atoms in total. The number of aryl methyl sites for hydroxylation is 2. The molecule has 0 spiro atoms. The maximum atomic E-state index is 12.4. The average molecular weight is 246 g/mol. The summed E-state index contributed by atoms with van der Waals surface area (Å²) in [5.41, 5.74) is 0.504. The van der Waals surface area contributed by atoms with Crippen LogP contribution >= 0.6 is 0 Å². The van der Waals surface area contributed by atoms with Crippen molar-refractivity contribution >= 4 is 0 Å². The number of alkyl halides is 3. The largest absolute Gasteiger partial charge is 0.453 e. The standard InChI is InChI=1S/C9H9F3N4O/c1-5-3-7(15-17-5)4-16-6(2)13-8(14-16)9(10,11)12/h3H,4H2,1-2H3. The molecule has 0 saturated heterocycles. The molecule has 0 radical (unpaired) electrons. The minimum absolute atomic E-state index is 0.103. The molecule has 8 heteroatoms. The van der Waals surface area contributed by atoms with Crippen molar-refractivity contribution in [1.29, 1.82) is 0 Å². The Bertz CT molecular complexity index is 529. The summed E-state index contributed by atoms with van der Waals surface area (Å²) in [5.74, 6) is -0.373. The van der Waals surface area contributed by atoms with Crippen molar-refractivity contribution in [2.24, 2.45) is 0 Å². The summed E-state index contributed by atoms with van der Waals surface area (Å²) >= 11 is 0. The van der Waals surface area contributed by atoms with Gasteiger partial charge in [0.2, 0.25) is 0 Å². The van der Waals surface area contributed by atoms with Crippen molar-refractivity contribution in [2.45, 2.75) is 26.6 Å². The SMILES string of the molecule is Cc1cc(Cn2nc(C(F)(F)F)nc2C)no1. The molecular formula is C9H9F3N4O. The molecule has 2 heterocycles. The zero-order chi connectivity index (χ0) is 12.6. The highest BCUT2D eigenvalue weighted by Crippen LogP contribution is 2.26. The fourth-order valence-corrected chi connectivity index (χ4v) is 1.34. The van der Waals surface area contributed by atoms with Crippen molar-refractivity contribution in [1.82, 2.24) is 19.9 Å². The first kappa shape index (κ1) is 11.6. The molecule has 0 unspecified atom stereocenters. The van der Waals surface area contributed by atoms with E-state index in [2.05, 4.69) is 15.2 Å². The van der Waals surface area contributed by atoms with Crippen LogP contribution in [0, 0.1) is 13.8 Å². The summed E-state index contributed by atoms with van der Waals surface area (Å²) in [6, 6.07) is 1.63. The van der Waals surface area contributed by atoms with Gasteiger partial charge in [-0.15, -0.1) is 5.10 Å². The Labute approximate surface area is 94.2 Å². The van der Waals surface area contributed by atoms with Gasteiger partial charge in [0.25, 0.3) is 5.82 Å². The van der Waals surface area contributed by atoms with Crippen LogP contribution in [-0.4, -0.2) is 19.9 Å². The van der Waals surface area contributed by atoms with Crippen LogP contribution in [0.25, 0.3) is 0 Å². The molecule has 17 heavy (non-hydrogen) atoms. The second-order valence-electron chi connectivity index (χ2n) is 3.57. The van der Waals surface area contributed by atoms with E-state index < -0.39 is 12.0 Å². The Morgan fingerprint density at radius 2 is 2.06 bits per heavy atom. The molecule has 2 aromatic rings. The molecule has 0 saturated carbocycles. The Morgan fingerprint density at radius 3 is 2.53 bits per heavy atom. The molecule has 92 valence electrons. The van der Waals surface area contributed by atoms with E-state index >= 15 is 0 Å². The maximum Gasteiger partial charge on any atom is 0.453 e. The predicted molar refractivity (Wildman–Crippen MR) is 50.1 cm³/mol. The summed E-state index contributed by atoms with van der Waals surface area (Å²) < 4.78 is 43.0. The van der Waals surface area contributed by atoms with E-state index in [1.165, 1.54) is 6.92 Å². The molecule has 0 aliphatic rings. The molecule has 0 N–H and O–H groups in total. The normalized spacial score (nSPS) is 12.1. The zero-order valence-corrected chi connectivity index (χ0v) is 9.12. The molecule has 0 aromatic carbocycles. The number of nitrogens with zero attached hydrogens (tertiary/aromatic N) is 4. The number of hydrogen-bond donors (Lipinski definition) is 0. The topological polar surface area (TPSA) is 56.7 Å². The molecule has 0 aliphatic carbocycles. The first-order chi connectivity index (χ1) is 7.86. The van der Waals surface area contributed by atoms with Gasteiger partial charge < -0.3 is 4.52 Å². The van der Waals surface area contributed by atoms with E-state index in [1.54, 1.807) is 13.0 Å². The van der Waals surface area contributed by atoms with Crippen LogP contribution in [0.3, 0.4) is 0 Å². The van der Waals surface area contributed by atoms with Crippen LogP contribution in [0.2, 0.25) is 0 Å². The molecule has 0 aliphatic heterocycles. The number of halogens is 3. The summed E-state index contributed by atoms with van der Waals surface area (Å²) in [6.45, 7) is 3.26. The van der Waals surface area contributed by atoms with Gasteiger partial charge in [-0.05, 0) is 13.8 Å². The summed E-state index contributed by atoms with van der Waals surface area (Å²) in [4.78, 5) is 3.35.